The number of hydrogen-bond donors (Lipinski definition) is 2. The first-order valence-electron chi connectivity index (χ1n) is 7.71. The molecule has 2 aromatic rings. The molecule has 0 atom stereocenters. The van der Waals surface area contributed by atoms with E-state index in [1.54, 1.807) is 18.2 Å². The fraction of sp³-hybridized carbons (Fsp3) is 0.235. The van der Waals surface area contributed by atoms with Crippen molar-refractivity contribution in [3.05, 3.63) is 58.1 Å². The van der Waals surface area contributed by atoms with Crippen molar-refractivity contribution in [3.8, 4) is 0 Å². The van der Waals surface area contributed by atoms with Gasteiger partial charge in [0.15, 0.2) is 0 Å². The van der Waals surface area contributed by atoms with Gasteiger partial charge in [0, 0.05) is 17.8 Å². The lowest BCUT2D eigenvalue weighted by molar-refractivity contribution is 0.0952. The normalized spacial score (nSPS) is 14.2. The molecule has 0 aliphatic heterocycles. The Morgan fingerprint density at radius 3 is 2.52 bits per heavy atom. The minimum Gasteiger partial charge on any atom is -0.352 e. The van der Waals surface area contributed by atoms with Crippen molar-refractivity contribution in [2.24, 2.45) is 5.92 Å². The number of halogens is 2. The highest BCUT2D eigenvalue weighted by molar-refractivity contribution is 7.92. The predicted molar refractivity (Wildman–Crippen MR) is 98.8 cm³/mol. The average molecular weight is 399 g/mol. The fourth-order valence-electron chi connectivity index (χ4n) is 2.24. The molecule has 0 heterocycles. The second-order valence-electron chi connectivity index (χ2n) is 5.92. The standard InChI is InChI=1S/C17H16Cl2N2O3S/c18-15-7-6-14(9-16(15)19)25(23,24)21-13-3-1-2-12(8-13)17(22)20-10-11-4-5-11/h1-3,6-9,11,21H,4-5,10H2,(H,20,22). The molecule has 0 saturated heterocycles. The number of sulfonamides is 1. The molecule has 1 aliphatic rings. The lowest BCUT2D eigenvalue weighted by atomic mass is 10.2. The molecule has 2 N–H and O–H groups in total. The number of rotatable bonds is 6. The Labute approximate surface area is 156 Å². The van der Waals surface area contributed by atoms with Gasteiger partial charge in [0.2, 0.25) is 0 Å². The summed E-state index contributed by atoms with van der Waals surface area (Å²) in [5, 5.41) is 3.27. The Morgan fingerprint density at radius 1 is 1.08 bits per heavy atom. The lowest BCUT2D eigenvalue weighted by Crippen LogP contribution is -2.25. The summed E-state index contributed by atoms with van der Waals surface area (Å²) >= 11 is 11.7. The number of carbonyl (C=O) groups excluding carboxylic acids is 1. The van der Waals surface area contributed by atoms with E-state index in [9.17, 15) is 13.2 Å². The molecule has 0 radical (unpaired) electrons. The molecule has 8 heteroatoms. The van der Waals surface area contributed by atoms with Gasteiger partial charge in [-0.15, -0.1) is 0 Å². The number of anilines is 1. The molecule has 1 aliphatic carbocycles. The van der Waals surface area contributed by atoms with Gasteiger partial charge in [0.25, 0.3) is 15.9 Å². The van der Waals surface area contributed by atoms with Crippen molar-refractivity contribution in [2.75, 3.05) is 11.3 Å². The largest absolute Gasteiger partial charge is 0.352 e. The monoisotopic (exact) mass is 398 g/mol. The van der Waals surface area contributed by atoms with Crippen LogP contribution in [0.4, 0.5) is 5.69 Å². The van der Waals surface area contributed by atoms with Crippen LogP contribution in [0.3, 0.4) is 0 Å². The van der Waals surface area contributed by atoms with Crippen LogP contribution in [-0.4, -0.2) is 20.9 Å². The third kappa shape index (κ3) is 4.66. The Balaban J connectivity index is 1.76. The number of nitrogens with one attached hydrogen (secondary N) is 2. The SMILES string of the molecule is O=C(NCC1CC1)c1cccc(NS(=O)(=O)c2ccc(Cl)c(Cl)c2)c1. The van der Waals surface area contributed by atoms with Crippen LogP contribution in [0.5, 0.6) is 0 Å². The van der Waals surface area contributed by atoms with Crippen LogP contribution in [-0.2, 0) is 10.0 Å². The number of carbonyl (C=O) groups is 1. The van der Waals surface area contributed by atoms with Crippen LogP contribution in [0, 0.1) is 5.92 Å². The van der Waals surface area contributed by atoms with Crippen molar-refractivity contribution in [2.45, 2.75) is 17.7 Å². The van der Waals surface area contributed by atoms with Crippen molar-refractivity contribution in [3.63, 3.8) is 0 Å². The molecule has 0 aromatic heterocycles. The maximum absolute atomic E-state index is 12.5. The van der Waals surface area contributed by atoms with Gasteiger partial charge in [-0.25, -0.2) is 8.42 Å². The summed E-state index contributed by atoms with van der Waals surface area (Å²) in [4.78, 5) is 12.1. The number of amides is 1. The maximum Gasteiger partial charge on any atom is 0.261 e. The summed E-state index contributed by atoms with van der Waals surface area (Å²) in [5.41, 5.74) is 0.695. The molecule has 2 aromatic carbocycles. The summed E-state index contributed by atoms with van der Waals surface area (Å²) in [5.74, 6) is 0.350. The van der Waals surface area contributed by atoms with Crippen LogP contribution < -0.4 is 10.0 Å². The van der Waals surface area contributed by atoms with Crippen LogP contribution >= 0.6 is 23.2 Å². The molecular formula is C17H16Cl2N2O3S. The smallest absolute Gasteiger partial charge is 0.261 e. The van der Waals surface area contributed by atoms with Crippen LogP contribution in [0.1, 0.15) is 23.2 Å². The first-order chi connectivity index (χ1) is 11.8. The third-order valence-electron chi connectivity index (χ3n) is 3.83. The van der Waals surface area contributed by atoms with E-state index in [0.29, 0.717) is 23.7 Å². The van der Waals surface area contributed by atoms with Gasteiger partial charge in [-0.05, 0) is 55.2 Å². The first-order valence-corrected chi connectivity index (χ1v) is 9.95. The van der Waals surface area contributed by atoms with E-state index in [-0.39, 0.29) is 20.8 Å². The fourth-order valence-corrected chi connectivity index (χ4v) is 3.68. The quantitative estimate of drug-likeness (QED) is 0.773. The maximum atomic E-state index is 12.5. The Hall–Kier alpha value is -1.76. The van der Waals surface area contributed by atoms with E-state index in [4.69, 9.17) is 23.2 Å². The summed E-state index contributed by atoms with van der Waals surface area (Å²) in [6, 6.07) is 10.4. The second kappa shape index (κ2) is 7.23. The van der Waals surface area contributed by atoms with Gasteiger partial charge >= 0.3 is 0 Å². The van der Waals surface area contributed by atoms with Crippen LogP contribution in [0.15, 0.2) is 47.4 Å². The molecule has 1 amide bonds. The van der Waals surface area contributed by atoms with Gasteiger partial charge in [0.05, 0.1) is 14.9 Å². The average Bonchev–Trinajstić information content (AvgIpc) is 3.39. The van der Waals surface area contributed by atoms with Crippen molar-refractivity contribution in [1.29, 1.82) is 0 Å². The van der Waals surface area contributed by atoms with Gasteiger partial charge in [-0.2, -0.15) is 0 Å². The zero-order valence-electron chi connectivity index (χ0n) is 13.1. The molecule has 0 unspecified atom stereocenters. The van der Waals surface area contributed by atoms with Gasteiger partial charge < -0.3 is 5.32 Å². The van der Waals surface area contributed by atoms with Gasteiger partial charge in [-0.1, -0.05) is 29.3 Å². The van der Waals surface area contributed by atoms with Crippen molar-refractivity contribution < 1.29 is 13.2 Å². The Bertz CT molecular complexity index is 912. The molecule has 5 nitrogen and oxygen atoms in total. The molecule has 25 heavy (non-hydrogen) atoms. The minimum absolute atomic E-state index is 0.00881. The second-order valence-corrected chi connectivity index (χ2v) is 8.41. The van der Waals surface area contributed by atoms with E-state index in [1.165, 1.54) is 24.3 Å². The van der Waals surface area contributed by atoms with E-state index in [1.807, 2.05) is 0 Å². The highest BCUT2D eigenvalue weighted by atomic mass is 35.5. The summed E-state index contributed by atoms with van der Waals surface area (Å²) in [6.07, 6.45) is 2.29. The molecular weight excluding hydrogens is 383 g/mol. The summed E-state index contributed by atoms with van der Waals surface area (Å²) in [7, 11) is -3.84. The topological polar surface area (TPSA) is 75.3 Å². The third-order valence-corrected chi connectivity index (χ3v) is 5.94. The van der Waals surface area contributed by atoms with Crippen LogP contribution in [0.25, 0.3) is 0 Å². The predicted octanol–water partition coefficient (Wildman–Crippen LogP) is 3.93. The van der Waals surface area contributed by atoms with E-state index in [0.717, 1.165) is 12.8 Å². The molecule has 132 valence electrons. The van der Waals surface area contributed by atoms with Gasteiger partial charge in [0.1, 0.15) is 0 Å². The Morgan fingerprint density at radius 2 is 1.84 bits per heavy atom. The van der Waals surface area contributed by atoms with E-state index >= 15 is 0 Å². The lowest BCUT2D eigenvalue weighted by Gasteiger charge is -2.10. The summed E-state index contributed by atoms with van der Waals surface area (Å²) < 4.78 is 27.4. The summed E-state index contributed by atoms with van der Waals surface area (Å²) in [6.45, 7) is 0.651. The zero-order chi connectivity index (χ0) is 18.0. The Kier molecular flexibility index (Phi) is 5.22. The zero-order valence-corrected chi connectivity index (χ0v) is 15.5. The highest BCUT2D eigenvalue weighted by Crippen LogP contribution is 2.28. The highest BCUT2D eigenvalue weighted by Gasteiger charge is 2.22. The molecule has 3 rings (SSSR count). The molecule has 1 saturated carbocycles. The molecule has 1 fully saturated rings. The van der Waals surface area contributed by atoms with Gasteiger partial charge in [-0.3, -0.25) is 9.52 Å². The van der Waals surface area contributed by atoms with E-state index in [2.05, 4.69) is 10.0 Å². The van der Waals surface area contributed by atoms with Crippen molar-refractivity contribution in [1.82, 2.24) is 5.32 Å². The molecule has 0 bridgehead atoms. The first kappa shape index (κ1) is 18.0. The van der Waals surface area contributed by atoms with E-state index < -0.39 is 10.0 Å². The number of hydrogen-bond acceptors (Lipinski definition) is 3. The number of benzene rings is 2. The van der Waals surface area contributed by atoms with Crippen molar-refractivity contribution >= 4 is 44.8 Å². The van der Waals surface area contributed by atoms with Crippen LogP contribution in [0.2, 0.25) is 10.0 Å². The minimum atomic E-state index is -3.84. The molecule has 0 spiro atoms.